The summed E-state index contributed by atoms with van der Waals surface area (Å²) in [5, 5.41) is 0. The normalized spacial score (nSPS) is 19.3. The highest BCUT2D eigenvalue weighted by molar-refractivity contribution is 5.81. The average molecular weight is 367 g/mol. The van der Waals surface area contributed by atoms with Crippen molar-refractivity contribution in [3.8, 4) is 0 Å². The first kappa shape index (κ1) is 23.3. The van der Waals surface area contributed by atoms with Crippen molar-refractivity contribution in [1.29, 1.82) is 0 Å². The number of nitrogens with zero attached hydrogens (tertiary/aromatic N) is 2. The Morgan fingerprint density at radius 3 is 1.77 bits per heavy atom. The van der Waals surface area contributed by atoms with Crippen LogP contribution in [0.5, 0.6) is 0 Å². The summed E-state index contributed by atoms with van der Waals surface area (Å²) >= 11 is 0. The molecule has 0 aromatic carbocycles. The molecular formula is C22H42N2O2. The second-order valence-electron chi connectivity index (χ2n) is 7.92. The summed E-state index contributed by atoms with van der Waals surface area (Å²) in [6.45, 7) is 10.7. The summed E-state index contributed by atoms with van der Waals surface area (Å²) < 4.78 is 0. The largest absolute Gasteiger partial charge is 0.302 e. The van der Waals surface area contributed by atoms with Gasteiger partial charge in [0.15, 0.2) is 0 Å². The first-order valence-electron chi connectivity index (χ1n) is 11.1. The third-order valence-corrected chi connectivity index (χ3v) is 5.40. The fourth-order valence-corrected chi connectivity index (χ4v) is 3.65. The fourth-order valence-electron chi connectivity index (χ4n) is 3.65. The fraction of sp³-hybridized carbons (Fsp3) is 0.909. The first-order chi connectivity index (χ1) is 12.7. The van der Waals surface area contributed by atoms with Crippen molar-refractivity contribution in [2.75, 3.05) is 39.3 Å². The van der Waals surface area contributed by atoms with E-state index < -0.39 is 0 Å². The van der Waals surface area contributed by atoms with E-state index in [-0.39, 0.29) is 0 Å². The van der Waals surface area contributed by atoms with Crippen molar-refractivity contribution in [2.45, 2.75) is 90.9 Å². The van der Waals surface area contributed by atoms with Gasteiger partial charge in [0.1, 0.15) is 11.6 Å². The molecule has 152 valence electrons. The van der Waals surface area contributed by atoms with Crippen molar-refractivity contribution in [2.24, 2.45) is 0 Å². The lowest BCUT2D eigenvalue weighted by Crippen LogP contribution is -2.36. The highest BCUT2D eigenvalue weighted by Crippen LogP contribution is 2.09. The van der Waals surface area contributed by atoms with E-state index in [0.717, 1.165) is 51.9 Å². The molecule has 4 heteroatoms. The number of Topliss-reactive ketones (excluding diaryl/α,β-unsaturated/α-hetero) is 2. The average Bonchev–Trinajstić information content (AvgIpc) is 2.65. The zero-order valence-corrected chi connectivity index (χ0v) is 17.4. The molecule has 0 aliphatic carbocycles. The third kappa shape index (κ3) is 11.8. The van der Waals surface area contributed by atoms with Gasteiger partial charge in [-0.2, -0.15) is 0 Å². The Hall–Kier alpha value is -0.740. The van der Waals surface area contributed by atoms with Crippen LogP contribution >= 0.6 is 0 Å². The number of rotatable bonds is 10. The monoisotopic (exact) mass is 366 g/mol. The van der Waals surface area contributed by atoms with Crippen LogP contribution in [0.25, 0.3) is 0 Å². The first-order valence-corrected chi connectivity index (χ1v) is 11.1. The molecule has 0 N–H and O–H groups in total. The van der Waals surface area contributed by atoms with Crippen molar-refractivity contribution in [3.05, 3.63) is 0 Å². The molecule has 2 aliphatic heterocycles. The molecular weight excluding hydrogens is 324 g/mol. The number of hydrogen-bond acceptors (Lipinski definition) is 4. The quantitative estimate of drug-likeness (QED) is 0.535. The lowest BCUT2D eigenvalue weighted by Gasteiger charge is -2.25. The molecule has 0 radical (unpaired) electrons. The number of hydrogen-bond donors (Lipinski definition) is 0. The van der Waals surface area contributed by atoms with E-state index in [1.165, 1.54) is 57.9 Å². The van der Waals surface area contributed by atoms with E-state index in [9.17, 15) is 9.59 Å². The Labute approximate surface area is 161 Å². The van der Waals surface area contributed by atoms with Crippen molar-refractivity contribution in [3.63, 3.8) is 0 Å². The molecule has 2 aliphatic rings. The predicted octanol–water partition coefficient (Wildman–Crippen LogP) is 4.46. The molecule has 4 nitrogen and oxygen atoms in total. The van der Waals surface area contributed by atoms with E-state index in [1.807, 2.05) is 0 Å². The number of carbonyl (C=O) groups excluding carboxylic acids is 2. The summed E-state index contributed by atoms with van der Waals surface area (Å²) in [5.41, 5.74) is 0. The van der Waals surface area contributed by atoms with Gasteiger partial charge in [0.25, 0.3) is 0 Å². The minimum Gasteiger partial charge on any atom is -0.302 e. The topological polar surface area (TPSA) is 40.6 Å². The Bertz CT molecular complexity index is 374. The standard InChI is InChI=1S/2C11H21NO/c1-2-3-4-5-8-12-9-6-11(13)7-10-12;1-2-3-4-5-8-12-9-6-7-11(13)10-12/h2*2-10H2,1H3. The van der Waals surface area contributed by atoms with Gasteiger partial charge in [-0.25, -0.2) is 0 Å². The molecule has 2 saturated heterocycles. The molecule has 2 heterocycles. The molecule has 0 aromatic rings. The number of piperidine rings is 2. The van der Waals surface area contributed by atoms with Gasteiger partial charge in [-0.3, -0.25) is 14.5 Å². The lowest BCUT2D eigenvalue weighted by molar-refractivity contribution is -0.122. The van der Waals surface area contributed by atoms with Crippen molar-refractivity contribution in [1.82, 2.24) is 9.80 Å². The minimum atomic E-state index is 0.432. The van der Waals surface area contributed by atoms with Crippen LogP contribution in [0.2, 0.25) is 0 Å². The zero-order chi connectivity index (χ0) is 19.0. The van der Waals surface area contributed by atoms with Crippen LogP contribution < -0.4 is 0 Å². The van der Waals surface area contributed by atoms with Crippen LogP contribution in [0.1, 0.15) is 90.9 Å². The van der Waals surface area contributed by atoms with Gasteiger partial charge in [0.05, 0.1) is 6.54 Å². The predicted molar refractivity (Wildman–Crippen MR) is 110 cm³/mol. The van der Waals surface area contributed by atoms with E-state index in [2.05, 4.69) is 23.6 Å². The van der Waals surface area contributed by atoms with Gasteiger partial charge in [0.2, 0.25) is 0 Å². The zero-order valence-electron chi connectivity index (χ0n) is 17.4. The highest BCUT2D eigenvalue weighted by atomic mass is 16.1. The van der Waals surface area contributed by atoms with E-state index in [4.69, 9.17) is 0 Å². The Balaban J connectivity index is 0.000000260. The Morgan fingerprint density at radius 1 is 0.654 bits per heavy atom. The Morgan fingerprint density at radius 2 is 1.23 bits per heavy atom. The van der Waals surface area contributed by atoms with Gasteiger partial charge < -0.3 is 4.90 Å². The van der Waals surface area contributed by atoms with Crippen LogP contribution in [-0.2, 0) is 9.59 Å². The van der Waals surface area contributed by atoms with Gasteiger partial charge in [-0.1, -0.05) is 52.4 Å². The second kappa shape index (κ2) is 15.3. The number of likely N-dealkylation sites (tertiary alicyclic amines) is 2. The van der Waals surface area contributed by atoms with Gasteiger partial charge in [0, 0.05) is 32.4 Å². The van der Waals surface area contributed by atoms with Crippen LogP contribution in [0.15, 0.2) is 0 Å². The van der Waals surface area contributed by atoms with Crippen LogP contribution in [0.3, 0.4) is 0 Å². The summed E-state index contributed by atoms with van der Waals surface area (Å²) in [7, 11) is 0. The molecule has 0 bridgehead atoms. The molecule has 0 spiro atoms. The SMILES string of the molecule is CCCCCCN1CCC(=O)CC1.CCCCCCN1CCCC(=O)C1. The molecule has 0 atom stereocenters. The molecule has 0 aromatic heterocycles. The maximum atomic E-state index is 11.1. The lowest BCUT2D eigenvalue weighted by atomic mass is 10.1. The van der Waals surface area contributed by atoms with E-state index >= 15 is 0 Å². The van der Waals surface area contributed by atoms with Gasteiger partial charge in [-0.15, -0.1) is 0 Å². The molecule has 0 unspecified atom stereocenters. The third-order valence-electron chi connectivity index (χ3n) is 5.40. The summed E-state index contributed by atoms with van der Waals surface area (Å²) in [5.74, 6) is 0.881. The number of carbonyl (C=O) groups is 2. The van der Waals surface area contributed by atoms with Crippen LogP contribution in [-0.4, -0.2) is 60.6 Å². The molecule has 26 heavy (non-hydrogen) atoms. The van der Waals surface area contributed by atoms with Crippen molar-refractivity contribution >= 4 is 11.6 Å². The summed E-state index contributed by atoms with van der Waals surface area (Å²) in [4.78, 5) is 26.8. The maximum absolute atomic E-state index is 11.1. The number of unbranched alkanes of at least 4 members (excludes halogenated alkanes) is 6. The minimum absolute atomic E-state index is 0.432. The van der Waals surface area contributed by atoms with E-state index in [0.29, 0.717) is 18.1 Å². The van der Waals surface area contributed by atoms with Gasteiger partial charge >= 0.3 is 0 Å². The van der Waals surface area contributed by atoms with E-state index in [1.54, 1.807) is 0 Å². The van der Waals surface area contributed by atoms with Crippen LogP contribution in [0.4, 0.5) is 0 Å². The molecule has 0 amide bonds. The maximum Gasteiger partial charge on any atom is 0.146 e. The number of ketones is 2. The van der Waals surface area contributed by atoms with Gasteiger partial charge in [-0.05, 0) is 38.9 Å². The molecule has 2 fully saturated rings. The molecule has 0 saturated carbocycles. The Kier molecular flexibility index (Phi) is 13.7. The smallest absolute Gasteiger partial charge is 0.146 e. The summed E-state index contributed by atoms with van der Waals surface area (Å²) in [6, 6.07) is 0. The van der Waals surface area contributed by atoms with Crippen LogP contribution in [0, 0.1) is 0 Å². The highest BCUT2D eigenvalue weighted by Gasteiger charge is 2.16. The second-order valence-corrected chi connectivity index (χ2v) is 7.92. The molecule has 2 rings (SSSR count). The van der Waals surface area contributed by atoms with Crippen molar-refractivity contribution < 1.29 is 9.59 Å². The summed E-state index contributed by atoms with van der Waals surface area (Å²) in [6.07, 6.45) is 14.0.